The Balaban J connectivity index is 2.08. The summed E-state index contributed by atoms with van der Waals surface area (Å²) >= 11 is 0. The van der Waals surface area contributed by atoms with E-state index in [1.54, 1.807) is 25.1 Å². The van der Waals surface area contributed by atoms with Crippen LogP contribution in [-0.4, -0.2) is 29.1 Å². The van der Waals surface area contributed by atoms with Gasteiger partial charge in [-0.05, 0) is 38.0 Å². The van der Waals surface area contributed by atoms with E-state index in [4.69, 9.17) is 9.47 Å². The number of aliphatic imine (C=N–C) groups is 1. The fraction of sp³-hybridized carbons (Fsp3) is 0.350. The Morgan fingerprint density at radius 1 is 1.37 bits per heavy atom. The lowest BCUT2D eigenvalue weighted by Crippen LogP contribution is -2.27. The first-order valence-electron chi connectivity index (χ1n) is 8.79. The Hall–Kier alpha value is -3.27. The smallest absolute Gasteiger partial charge is 0.271 e. The van der Waals surface area contributed by atoms with Crippen molar-refractivity contribution in [1.29, 1.82) is 5.26 Å². The first-order valence-corrected chi connectivity index (χ1v) is 8.79. The Kier molecular flexibility index (Phi) is 5.17. The number of pyridine rings is 1. The van der Waals surface area contributed by atoms with Crippen LogP contribution in [0.1, 0.15) is 43.0 Å². The Morgan fingerprint density at radius 3 is 2.74 bits per heavy atom. The van der Waals surface area contributed by atoms with E-state index in [-0.39, 0.29) is 17.5 Å². The molecule has 27 heavy (non-hydrogen) atoms. The average Bonchev–Trinajstić information content (AvgIpc) is 2.67. The highest BCUT2D eigenvalue weighted by Crippen LogP contribution is 2.34. The van der Waals surface area contributed by atoms with Crippen LogP contribution in [0.15, 0.2) is 28.0 Å². The van der Waals surface area contributed by atoms with Gasteiger partial charge in [0.05, 0.1) is 11.3 Å². The maximum absolute atomic E-state index is 12.5. The number of nitriles is 1. The number of hydrogen-bond acceptors (Lipinski definition) is 6. The minimum absolute atomic E-state index is 0.0109. The third-order valence-corrected chi connectivity index (χ3v) is 4.69. The van der Waals surface area contributed by atoms with E-state index in [9.17, 15) is 15.2 Å². The first-order chi connectivity index (χ1) is 13.0. The number of ether oxygens (including phenoxy) is 2. The van der Waals surface area contributed by atoms with Crippen molar-refractivity contribution in [2.24, 2.45) is 4.99 Å². The van der Waals surface area contributed by atoms with E-state index in [0.717, 1.165) is 0 Å². The zero-order valence-electron chi connectivity index (χ0n) is 15.5. The summed E-state index contributed by atoms with van der Waals surface area (Å²) in [6.45, 7) is 6.35. The molecule has 3 rings (SSSR count). The van der Waals surface area contributed by atoms with E-state index >= 15 is 0 Å². The number of hydrogen-bond donors (Lipinski definition) is 1. The molecule has 0 bridgehead atoms. The maximum Gasteiger partial charge on any atom is 0.271 e. The van der Waals surface area contributed by atoms with Crippen molar-refractivity contribution in [3.63, 3.8) is 0 Å². The molecule has 7 nitrogen and oxygen atoms in total. The second-order valence-corrected chi connectivity index (χ2v) is 6.37. The number of nitrogens with zero attached hydrogens (tertiary/aromatic N) is 3. The van der Waals surface area contributed by atoms with Gasteiger partial charge in [-0.15, -0.1) is 0 Å². The number of aromatic hydroxyl groups is 1. The Bertz CT molecular complexity index is 1000. The van der Waals surface area contributed by atoms with Gasteiger partial charge >= 0.3 is 0 Å². The topological polar surface area (TPSA) is 96.8 Å². The fourth-order valence-electron chi connectivity index (χ4n) is 2.94. The van der Waals surface area contributed by atoms with Gasteiger partial charge in [0.1, 0.15) is 24.8 Å². The van der Waals surface area contributed by atoms with Crippen molar-refractivity contribution in [2.75, 3.05) is 13.2 Å². The van der Waals surface area contributed by atoms with Crippen LogP contribution in [0, 0.1) is 18.3 Å². The van der Waals surface area contributed by atoms with E-state index in [2.05, 4.69) is 4.99 Å². The van der Waals surface area contributed by atoms with Crippen LogP contribution in [0.2, 0.25) is 0 Å². The summed E-state index contributed by atoms with van der Waals surface area (Å²) in [5, 5.41) is 20.1. The van der Waals surface area contributed by atoms with Crippen LogP contribution in [0.25, 0.3) is 0 Å². The van der Waals surface area contributed by atoms with Crippen LogP contribution < -0.4 is 15.0 Å². The van der Waals surface area contributed by atoms with Crippen molar-refractivity contribution < 1.29 is 14.6 Å². The molecule has 140 valence electrons. The Morgan fingerprint density at radius 2 is 2.07 bits per heavy atom. The molecule has 1 aromatic heterocycles. The SMILES string of the molecule is CCC(C)n1c(O)c(C=Nc2ccc3c(c2)OCCO3)c(C)c(C#N)c1=O. The molecule has 7 heteroatoms. The summed E-state index contributed by atoms with van der Waals surface area (Å²) in [5.74, 6) is 1.09. The molecule has 0 radical (unpaired) electrons. The molecule has 0 amide bonds. The molecule has 1 atom stereocenters. The van der Waals surface area contributed by atoms with Crippen molar-refractivity contribution in [3.05, 3.63) is 45.2 Å². The highest BCUT2D eigenvalue weighted by Gasteiger charge is 2.20. The molecule has 2 aromatic rings. The van der Waals surface area contributed by atoms with Gasteiger partial charge in [-0.25, -0.2) is 0 Å². The first kappa shape index (κ1) is 18.5. The third kappa shape index (κ3) is 3.38. The van der Waals surface area contributed by atoms with Gasteiger partial charge in [0, 0.05) is 18.3 Å². The monoisotopic (exact) mass is 367 g/mol. The zero-order chi connectivity index (χ0) is 19.6. The largest absolute Gasteiger partial charge is 0.494 e. The molecular weight excluding hydrogens is 346 g/mol. The highest BCUT2D eigenvalue weighted by atomic mass is 16.6. The molecular formula is C20H21N3O4. The number of fused-ring (bicyclic) bond motifs is 1. The molecule has 0 spiro atoms. The van der Waals surface area contributed by atoms with Gasteiger partial charge in [0.15, 0.2) is 11.5 Å². The minimum Gasteiger partial charge on any atom is -0.494 e. The summed E-state index contributed by atoms with van der Waals surface area (Å²) in [7, 11) is 0. The maximum atomic E-state index is 12.5. The highest BCUT2D eigenvalue weighted by molar-refractivity contribution is 5.87. The molecule has 0 saturated heterocycles. The molecule has 0 fully saturated rings. The predicted octanol–water partition coefficient (Wildman–Crippen LogP) is 3.23. The quantitative estimate of drug-likeness (QED) is 0.837. The zero-order valence-corrected chi connectivity index (χ0v) is 15.5. The summed E-state index contributed by atoms with van der Waals surface area (Å²) in [6, 6.07) is 6.99. The summed E-state index contributed by atoms with van der Waals surface area (Å²) in [4.78, 5) is 16.9. The van der Waals surface area contributed by atoms with Gasteiger partial charge in [0.2, 0.25) is 5.88 Å². The number of benzene rings is 1. The van der Waals surface area contributed by atoms with Crippen LogP contribution in [0.3, 0.4) is 0 Å². The fourth-order valence-corrected chi connectivity index (χ4v) is 2.94. The van der Waals surface area contributed by atoms with Crippen molar-refractivity contribution >= 4 is 11.9 Å². The van der Waals surface area contributed by atoms with Crippen LogP contribution in [0.4, 0.5) is 5.69 Å². The predicted molar refractivity (Wildman–Crippen MR) is 102 cm³/mol. The van der Waals surface area contributed by atoms with Crippen molar-refractivity contribution in [2.45, 2.75) is 33.2 Å². The molecule has 2 heterocycles. The van der Waals surface area contributed by atoms with Crippen LogP contribution in [0.5, 0.6) is 17.4 Å². The molecule has 1 aliphatic heterocycles. The van der Waals surface area contributed by atoms with E-state index in [1.807, 2.05) is 19.9 Å². The Labute approximate surface area is 157 Å². The molecule has 0 saturated carbocycles. The summed E-state index contributed by atoms with van der Waals surface area (Å²) < 4.78 is 12.3. The second kappa shape index (κ2) is 7.54. The van der Waals surface area contributed by atoms with Gasteiger partial charge in [-0.3, -0.25) is 14.4 Å². The van der Waals surface area contributed by atoms with Crippen LogP contribution in [-0.2, 0) is 0 Å². The van der Waals surface area contributed by atoms with Crippen LogP contribution >= 0.6 is 0 Å². The van der Waals surface area contributed by atoms with Crippen molar-refractivity contribution in [1.82, 2.24) is 4.57 Å². The standard InChI is InChI=1S/C20H21N3O4/c1-4-12(2)23-19(24)15(10-21)13(3)16(20(23)25)11-22-14-5-6-17-18(9-14)27-8-7-26-17/h5-6,9,11-12,25H,4,7-8H2,1-3H3. The van der Waals surface area contributed by atoms with E-state index in [0.29, 0.717) is 47.9 Å². The van der Waals surface area contributed by atoms with E-state index in [1.165, 1.54) is 10.8 Å². The number of aromatic nitrogens is 1. The average molecular weight is 367 g/mol. The summed E-state index contributed by atoms with van der Waals surface area (Å²) in [5.41, 5.74) is 0.884. The molecule has 1 aromatic carbocycles. The number of rotatable bonds is 4. The second-order valence-electron chi connectivity index (χ2n) is 6.37. The van der Waals surface area contributed by atoms with Crippen molar-refractivity contribution in [3.8, 4) is 23.4 Å². The molecule has 1 aliphatic rings. The van der Waals surface area contributed by atoms with Gasteiger partial charge in [-0.2, -0.15) is 5.26 Å². The normalized spacial score (nSPS) is 14.1. The third-order valence-electron chi connectivity index (χ3n) is 4.69. The lowest BCUT2D eigenvalue weighted by Gasteiger charge is -2.19. The lowest BCUT2D eigenvalue weighted by atomic mass is 10.0. The minimum atomic E-state index is -0.488. The molecule has 1 N–H and O–H groups in total. The molecule has 0 aliphatic carbocycles. The van der Waals surface area contributed by atoms with Gasteiger partial charge < -0.3 is 14.6 Å². The van der Waals surface area contributed by atoms with Gasteiger partial charge in [-0.1, -0.05) is 6.92 Å². The van der Waals surface area contributed by atoms with E-state index < -0.39 is 5.56 Å². The van der Waals surface area contributed by atoms with Gasteiger partial charge in [0.25, 0.3) is 5.56 Å². The molecule has 1 unspecified atom stereocenters. The summed E-state index contributed by atoms with van der Waals surface area (Å²) in [6.07, 6.45) is 2.11. The lowest BCUT2D eigenvalue weighted by molar-refractivity contribution is 0.171.